The van der Waals surface area contributed by atoms with Gasteiger partial charge in [0.05, 0.1) is 13.0 Å². The smallest absolute Gasteiger partial charge is 0.304 e. The van der Waals surface area contributed by atoms with Crippen LogP contribution in [0.2, 0.25) is 0 Å². The van der Waals surface area contributed by atoms with Crippen LogP contribution in [0.4, 0.5) is 0 Å². The van der Waals surface area contributed by atoms with Gasteiger partial charge < -0.3 is 9.63 Å². The third kappa shape index (κ3) is 3.46. The van der Waals surface area contributed by atoms with Gasteiger partial charge in [0.1, 0.15) is 0 Å². The zero-order valence-electron chi connectivity index (χ0n) is 10.3. The number of rotatable bonds is 5. The fourth-order valence-corrected chi connectivity index (χ4v) is 3.10. The number of aryl methyl sites for hydroxylation is 1. The molecule has 1 fully saturated rings. The Hall–Kier alpha value is -1.08. The summed E-state index contributed by atoms with van der Waals surface area (Å²) in [5.41, 5.74) is 0. The Labute approximate surface area is 110 Å². The van der Waals surface area contributed by atoms with Gasteiger partial charge in [-0.15, -0.1) is 0 Å². The van der Waals surface area contributed by atoms with Gasteiger partial charge in [0.2, 0.25) is 5.89 Å². The van der Waals surface area contributed by atoms with Gasteiger partial charge in [0.25, 0.3) is 0 Å². The van der Waals surface area contributed by atoms with Crippen LogP contribution in [0, 0.1) is 0 Å². The van der Waals surface area contributed by atoms with E-state index < -0.39 is 5.97 Å². The van der Waals surface area contributed by atoms with Crippen molar-refractivity contribution in [1.82, 2.24) is 15.0 Å². The molecule has 0 aliphatic carbocycles. The number of aliphatic carboxylic acids is 1. The molecule has 7 heteroatoms. The van der Waals surface area contributed by atoms with Crippen molar-refractivity contribution in [2.75, 3.05) is 18.1 Å². The second-order valence-corrected chi connectivity index (χ2v) is 5.40. The standard InChI is InChI=1S/C11H17N3O3S/c1-2-10-12-9(13-17-10)6-14-3-4-18-7-8(14)5-11(15)16/h8H,2-7H2,1H3,(H,15,16). The minimum Gasteiger partial charge on any atom is -0.481 e. The number of aromatic nitrogens is 2. The molecule has 1 N–H and O–H groups in total. The zero-order valence-corrected chi connectivity index (χ0v) is 11.2. The van der Waals surface area contributed by atoms with E-state index in [-0.39, 0.29) is 12.5 Å². The van der Waals surface area contributed by atoms with E-state index in [9.17, 15) is 4.79 Å². The van der Waals surface area contributed by atoms with E-state index >= 15 is 0 Å². The molecule has 18 heavy (non-hydrogen) atoms. The summed E-state index contributed by atoms with van der Waals surface area (Å²) in [5, 5.41) is 12.8. The highest BCUT2D eigenvalue weighted by Gasteiger charge is 2.26. The molecule has 0 radical (unpaired) electrons. The predicted octanol–water partition coefficient (Wildman–Crippen LogP) is 1.02. The number of carboxylic acid groups (broad SMARTS) is 1. The van der Waals surface area contributed by atoms with Gasteiger partial charge in [-0.2, -0.15) is 16.7 Å². The fraction of sp³-hybridized carbons (Fsp3) is 0.727. The van der Waals surface area contributed by atoms with Gasteiger partial charge >= 0.3 is 5.97 Å². The molecule has 2 heterocycles. The van der Waals surface area contributed by atoms with Gasteiger partial charge in [-0.25, -0.2) is 0 Å². The topological polar surface area (TPSA) is 79.5 Å². The van der Waals surface area contributed by atoms with Gasteiger partial charge in [0.15, 0.2) is 5.82 Å². The molecule has 1 unspecified atom stereocenters. The van der Waals surface area contributed by atoms with Crippen molar-refractivity contribution in [3.63, 3.8) is 0 Å². The van der Waals surface area contributed by atoms with Crippen molar-refractivity contribution in [3.8, 4) is 0 Å². The molecule has 0 aromatic carbocycles. The van der Waals surface area contributed by atoms with Crippen molar-refractivity contribution < 1.29 is 14.4 Å². The summed E-state index contributed by atoms with van der Waals surface area (Å²) in [6, 6.07) is 0.0600. The molecule has 1 saturated heterocycles. The van der Waals surface area contributed by atoms with E-state index in [2.05, 4.69) is 15.0 Å². The van der Waals surface area contributed by atoms with Gasteiger partial charge in [-0.3, -0.25) is 9.69 Å². The summed E-state index contributed by atoms with van der Waals surface area (Å²) in [5.74, 6) is 2.40. The quantitative estimate of drug-likeness (QED) is 0.856. The first-order valence-electron chi connectivity index (χ1n) is 6.04. The van der Waals surface area contributed by atoms with E-state index in [0.717, 1.165) is 24.5 Å². The molecule has 1 aromatic heterocycles. The first kappa shape index (κ1) is 13.4. The van der Waals surface area contributed by atoms with Crippen LogP contribution >= 0.6 is 11.8 Å². The molecular weight excluding hydrogens is 254 g/mol. The van der Waals surface area contributed by atoms with Crippen LogP contribution in [-0.4, -0.2) is 50.2 Å². The molecule has 2 rings (SSSR count). The molecule has 0 amide bonds. The lowest BCUT2D eigenvalue weighted by molar-refractivity contribution is -0.138. The SMILES string of the molecule is CCc1nc(CN2CCSCC2CC(=O)O)no1. The number of carboxylic acids is 1. The van der Waals surface area contributed by atoms with Crippen LogP contribution in [0.5, 0.6) is 0 Å². The summed E-state index contributed by atoms with van der Waals surface area (Å²) in [4.78, 5) is 17.2. The molecule has 0 bridgehead atoms. The Morgan fingerprint density at radius 1 is 1.67 bits per heavy atom. The summed E-state index contributed by atoms with van der Waals surface area (Å²) in [6.45, 7) is 3.41. The zero-order chi connectivity index (χ0) is 13.0. The average molecular weight is 271 g/mol. The van der Waals surface area contributed by atoms with Crippen LogP contribution in [0.3, 0.4) is 0 Å². The molecule has 0 saturated carbocycles. The molecule has 0 spiro atoms. The van der Waals surface area contributed by atoms with Crippen molar-refractivity contribution in [2.45, 2.75) is 32.4 Å². The van der Waals surface area contributed by atoms with E-state index in [1.54, 1.807) is 11.8 Å². The highest BCUT2D eigenvalue weighted by Crippen LogP contribution is 2.20. The van der Waals surface area contributed by atoms with Crippen LogP contribution in [0.25, 0.3) is 0 Å². The van der Waals surface area contributed by atoms with Crippen molar-refractivity contribution in [3.05, 3.63) is 11.7 Å². The van der Waals surface area contributed by atoms with E-state index in [4.69, 9.17) is 9.63 Å². The Kier molecular flexibility index (Phi) is 4.60. The van der Waals surface area contributed by atoms with Crippen molar-refractivity contribution in [2.24, 2.45) is 0 Å². The Bertz CT molecular complexity index is 410. The summed E-state index contributed by atoms with van der Waals surface area (Å²) in [7, 11) is 0. The van der Waals surface area contributed by atoms with E-state index in [0.29, 0.717) is 18.3 Å². The minimum atomic E-state index is -0.755. The number of hydrogen-bond acceptors (Lipinski definition) is 6. The Morgan fingerprint density at radius 3 is 3.17 bits per heavy atom. The van der Waals surface area contributed by atoms with Crippen LogP contribution in [0.15, 0.2) is 4.52 Å². The summed E-state index contributed by atoms with van der Waals surface area (Å²) >= 11 is 1.80. The molecule has 1 aromatic rings. The first-order chi connectivity index (χ1) is 8.69. The van der Waals surface area contributed by atoms with E-state index in [1.807, 2.05) is 6.92 Å². The average Bonchev–Trinajstić information content (AvgIpc) is 2.79. The highest BCUT2D eigenvalue weighted by atomic mass is 32.2. The molecule has 6 nitrogen and oxygen atoms in total. The van der Waals surface area contributed by atoms with Gasteiger partial charge in [0, 0.05) is 30.5 Å². The lowest BCUT2D eigenvalue weighted by atomic mass is 10.2. The maximum atomic E-state index is 10.8. The lowest BCUT2D eigenvalue weighted by Crippen LogP contribution is -2.43. The highest BCUT2D eigenvalue weighted by molar-refractivity contribution is 7.99. The number of thioether (sulfide) groups is 1. The van der Waals surface area contributed by atoms with Crippen LogP contribution < -0.4 is 0 Å². The summed E-state index contributed by atoms with van der Waals surface area (Å²) in [6.07, 6.45) is 0.896. The predicted molar refractivity (Wildman–Crippen MR) is 67.5 cm³/mol. The molecule has 1 atom stereocenters. The second-order valence-electron chi connectivity index (χ2n) is 4.25. The van der Waals surface area contributed by atoms with Gasteiger partial charge in [-0.1, -0.05) is 12.1 Å². The number of nitrogens with zero attached hydrogens (tertiary/aromatic N) is 3. The molecule has 1 aliphatic heterocycles. The number of carbonyl (C=O) groups is 1. The monoisotopic (exact) mass is 271 g/mol. The second kappa shape index (κ2) is 6.19. The normalized spacial score (nSPS) is 21.1. The number of hydrogen-bond donors (Lipinski definition) is 1. The maximum absolute atomic E-state index is 10.8. The molecular formula is C11H17N3O3S. The summed E-state index contributed by atoms with van der Waals surface area (Å²) < 4.78 is 5.06. The van der Waals surface area contributed by atoms with E-state index in [1.165, 1.54) is 0 Å². The Morgan fingerprint density at radius 2 is 2.50 bits per heavy atom. The first-order valence-corrected chi connectivity index (χ1v) is 7.19. The fourth-order valence-electron chi connectivity index (χ4n) is 1.97. The van der Waals surface area contributed by atoms with Crippen molar-refractivity contribution in [1.29, 1.82) is 0 Å². The third-order valence-corrected chi connectivity index (χ3v) is 4.01. The molecule has 1 aliphatic rings. The van der Waals surface area contributed by atoms with Crippen molar-refractivity contribution >= 4 is 17.7 Å². The largest absolute Gasteiger partial charge is 0.481 e. The van der Waals surface area contributed by atoms with Crippen LogP contribution in [0.1, 0.15) is 25.1 Å². The van der Waals surface area contributed by atoms with Gasteiger partial charge in [-0.05, 0) is 0 Å². The van der Waals surface area contributed by atoms with Crippen LogP contribution in [-0.2, 0) is 17.8 Å². The maximum Gasteiger partial charge on any atom is 0.304 e. The Balaban J connectivity index is 1.98. The minimum absolute atomic E-state index is 0.0600. The lowest BCUT2D eigenvalue weighted by Gasteiger charge is -2.33. The third-order valence-electron chi connectivity index (χ3n) is 2.92. The molecule has 100 valence electrons.